The summed E-state index contributed by atoms with van der Waals surface area (Å²) in [6.45, 7) is 4.52. The van der Waals surface area contributed by atoms with Crippen molar-refractivity contribution in [3.63, 3.8) is 0 Å². The molecule has 1 rings (SSSR count). The zero-order chi connectivity index (χ0) is 14.3. The summed E-state index contributed by atoms with van der Waals surface area (Å²) >= 11 is 11.7. The Kier molecular flexibility index (Phi) is 7.52. The van der Waals surface area contributed by atoms with Gasteiger partial charge in [-0.25, -0.2) is 5.09 Å². The molecule has 0 aliphatic rings. The Bertz CT molecular complexity index is 434. The van der Waals surface area contributed by atoms with Crippen LogP contribution in [-0.2, 0) is 20.9 Å². The van der Waals surface area contributed by atoms with E-state index in [4.69, 9.17) is 32.5 Å². The van der Waals surface area contributed by atoms with E-state index in [1.54, 1.807) is 0 Å². The van der Waals surface area contributed by atoms with Crippen LogP contribution in [-0.4, -0.2) is 13.2 Å². The lowest BCUT2D eigenvalue weighted by molar-refractivity contribution is 0.253. The zero-order valence-electron chi connectivity index (χ0n) is 11.6. The average molecular weight is 322 g/mol. The van der Waals surface area contributed by atoms with Crippen molar-refractivity contribution in [2.24, 2.45) is 0 Å². The molecule has 0 bridgehead atoms. The van der Waals surface area contributed by atoms with Gasteiger partial charge in [-0.05, 0) is 43.7 Å². The van der Waals surface area contributed by atoms with Crippen LogP contribution in [0.2, 0.25) is 5.02 Å². The second-order valence-corrected chi connectivity index (χ2v) is 7.56. The minimum absolute atomic E-state index is 0.0395. The van der Waals surface area contributed by atoms with E-state index in [0.717, 1.165) is 17.0 Å². The van der Waals surface area contributed by atoms with E-state index in [1.807, 2.05) is 38.1 Å². The van der Waals surface area contributed by atoms with Gasteiger partial charge in [-0.1, -0.05) is 36.7 Å². The largest absolute Gasteiger partial charge is 0.318 e. The van der Waals surface area contributed by atoms with Crippen molar-refractivity contribution in [1.82, 2.24) is 5.09 Å². The van der Waals surface area contributed by atoms with Crippen LogP contribution in [0.4, 0.5) is 0 Å². The maximum absolute atomic E-state index is 6.24. The third-order valence-electron chi connectivity index (χ3n) is 2.60. The SMILES string of the molecule is CCOP(=S)(NC(CC)c1ccccc1Cl)OCC. The third kappa shape index (κ3) is 5.14. The van der Waals surface area contributed by atoms with E-state index >= 15 is 0 Å². The smallest absolute Gasteiger partial charge is 0.261 e. The van der Waals surface area contributed by atoms with E-state index in [-0.39, 0.29) is 6.04 Å². The van der Waals surface area contributed by atoms with E-state index in [1.165, 1.54) is 0 Å². The Morgan fingerprint density at radius 2 is 1.79 bits per heavy atom. The van der Waals surface area contributed by atoms with Gasteiger partial charge < -0.3 is 9.05 Å². The van der Waals surface area contributed by atoms with Crippen LogP contribution in [0.1, 0.15) is 38.8 Å². The van der Waals surface area contributed by atoms with Crippen molar-refractivity contribution in [1.29, 1.82) is 0 Å². The third-order valence-corrected chi connectivity index (χ3v) is 5.72. The quantitative estimate of drug-likeness (QED) is 0.704. The van der Waals surface area contributed by atoms with Gasteiger partial charge in [0.15, 0.2) is 0 Å². The van der Waals surface area contributed by atoms with E-state index in [0.29, 0.717) is 13.2 Å². The standard InChI is InChI=1S/C13H21ClNO2PS/c1-4-13(11-9-7-8-10-12(11)14)15-18(19,16-5-2)17-6-3/h7-10,13H,4-6H2,1-3H3,(H,15,19). The molecule has 0 fully saturated rings. The Balaban J connectivity index is 2.92. The first-order valence-corrected chi connectivity index (χ1v) is 9.49. The molecule has 0 amide bonds. The lowest BCUT2D eigenvalue weighted by Crippen LogP contribution is -2.21. The predicted octanol–water partition coefficient (Wildman–Crippen LogP) is 4.68. The summed E-state index contributed by atoms with van der Waals surface area (Å²) < 4.78 is 11.2. The second kappa shape index (κ2) is 8.35. The molecule has 1 N–H and O–H groups in total. The maximum Gasteiger partial charge on any atom is 0.261 e. The number of halogens is 1. The van der Waals surface area contributed by atoms with Crippen LogP contribution < -0.4 is 5.09 Å². The predicted molar refractivity (Wildman–Crippen MR) is 85.2 cm³/mol. The van der Waals surface area contributed by atoms with Crippen LogP contribution in [0.15, 0.2) is 24.3 Å². The first-order valence-electron chi connectivity index (χ1n) is 6.47. The highest BCUT2D eigenvalue weighted by Gasteiger charge is 2.24. The van der Waals surface area contributed by atoms with Crippen molar-refractivity contribution in [2.75, 3.05) is 13.2 Å². The van der Waals surface area contributed by atoms with Crippen LogP contribution in [0.25, 0.3) is 0 Å². The highest BCUT2D eigenvalue weighted by Crippen LogP contribution is 2.47. The van der Waals surface area contributed by atoms with Gasteiger partial charge in [-0.3, -0.25) is 0 Å². The molecule has 0 spiro atoms. The summed E-state index contributed by atoms with van der Waals surface area (Å²) in [6.07, 6.45) is 0.863. The lowest BCUT2D eigenvalue weighted by atomic mass is 10.1. The highest BCUT2D eigenvalue weighted by atomic mass is 35.5. The number of rotatable bonds is 8. The van der Waals surface area contributed by atoms with Gasteiger partial charge in [0.25, 0.3) is 6.64 Å². The van der Waals surface area contributed by atoms with Gasteiger partial charge in [0.1, 0.15) is 0 Å². The molecule has 1 aromatic carbocycles. The Labute approximate surface area is 125 Å². The minimum atomic E-state index is -2.45. The zero-order valence-corrected chi connectivity index (χ0v) is 14.0. The summed E-state index contributed by atoms with van der Waals surface area (Å²) in [4.78, 5) is 0. The highest BCUT2D eigenvalue weighted by molar-refractivity contribution is 8.08. The molecular weight excluding hydrogens is 301 g/mol. The van der Waals surface area contributed by atoms with E-state index in [9.17, 15) is 0 Å². The van der Waals surface area contributed by atoms with Gasteiger partial charge >= 0.3 is 0 Å². The van der Waals surface area contributed by atoms with E-state index in [2.05, 4.69) is 12.0 Å². The van der Waals surface area contributed by atoms with Crippen molar-refractivity contribution >= 4 is 30.1 Å². The molecule has 0 heterocycles. The lowest BCUT2D eigenvalue weighted by Gasteiger charge is -2.27. The summed E-state index contributed by atoms with van der Waals surface area (Å²) in [5.41, 5.74) is 1.03. The fraction of sp³-hybridized carbons (Fsp3) is 0.538. The van der Waals surface area contributed by atoms with Gasteiger partial charge in [0, 0.05) is 11.1 Å². The molecule has 1 unspecified atom stereocenters. The van der Waals surface area contributed by atoms with Crippen molar-refractivity contribution in [3.05, 3.63) is 34.9 Å². The average Bonchev–Trinajstić information content (AvgIpc) is 2.37. The minimum Gasteiger partial charge on any atom is -0.318 e. The molecular formula is C13H21ClNO2PS. The second-order valence-electron chi connectivity index (χ2n) is 3.94. The number of nitrogens with one attached hydrogen (secondary N) is 1. The number of benzene rings is 1. The number of hydrogen-bond acceptors (Lipinski definition) is 3. The molecule has 0 aliphatic heterocycles. The summed E-state index contributed by atoms with van der Waals surface area (Å²) in [7, 11) is 0. The van der Waals surface area contributed by atoms with Crippen LogP contribution in [0.5, 0.6) is 0 Å². The summed E-state index contributed by atoms with van der Waals surface area (Å²) in [5, 5.41) is 4.07. The molecule has 1 aromatic rings. The first kappa shape index (κ1) is 17.1. The monoisotopic (exact) mass is 321 g/mol. The van der Waals surface area contributed by atoms with E-state index < -0.39 is 6.64 Å². The number of hydrogen-bond donors (Lipinski definition) is 1. The Morgan fingerprint density at radius 1 is 1.21 bits per heavy atom. The molecule has 0 aromatic heterocycles. The first-order chi connectivity index (χ1) is 9.06. The molecule has 6 heteroatoms. The molecule has 0 radical (unpaired) electrons. The Hall–Kier alpha value is 0.0400. The van der Waals surface area contributed by atoms with Crippen LogP contribution in [0, 0.1) is 0 Å². The molecule has 1 atom stereocenters. The fourth-order valence-electron chi connectivity index (χ4n) is 1.78. The van der Waals surface area contributed by atoms with Crippen molar-refractivity contribution in [2.45, 2.75) is 33.2 Å². The van der Waals surface area contributed by atoms with Crippen LogP contribution in [0.3, 0.4) is 0 Å². The van der Waals surface area contributed by atoms with Gasteiger partial charge in [0.05, 0.1) is 13.2 Å². The fourth-order valence-corrected chi connectivity index (χ4v) is 4.67. The molecule has 0 saturated carbocycles. The van der Waals surface area contributed by atoms with Crippen LogP contribution >= 0.6 is 18.2 Å². The molecule has 0 aliphatic carbocycles. The normalized spacial score (nSPS) is 13.5. The topological polar surface area (TPSA) is 30.5 Å². The van der Waals surface area contributed by atoms with Crippen molar-refractivity contribution in [3.8, 4) is 0 Å². The molecule has 19 heavy (non-hydrogen) atoms. The van der Waals surface area contributed by atoms with Gasteiger partial charge in [0.2, 0.25) is 0 Å². The molecule has 3 nitrogen and oxygen atoms in total. The Morgan fingerprint density at radius 3 is 2.26 bits per heavy atom. The summed E-state index contributed by atoms with van der Waals surface area (Å²) in [6, 6.07) is 7.81. The molecule has 108 valence electrons. The maximum atomic E-state index is 6.24. The summed E-state index contributed by atoms with van der Waals surface area (Å²) in [5.74, 6) is 0. The van der Waals surface area contributed by atoms with Crippen molar-refractivity contribution < 1.29 is 9.05 Å². The molecule has 0 saturated heterocycles. The van der Waals surface area contributed by atoms with Gasteiger partial charge in [-0.15, -0.1) is 0 Å². The van der Waals surface area contributed by atoms with Gasteiger partial charge in [-0.2, -0.15) is 0 Å².